The highest BCUT2D eigenvalue weighted by molar-refractivity contribution is 5.88. The zero-order valence-corrected chi connectivity index (χ0v) is 10.3. The second-order valence-electron chi connectivity index (χ2n) is 4.03. The predicted molar refractivity (Wildman–Crippen MR) is 69.4 cm³/mol. The van der Waals surface area contributed by atoms with Crippen molar-refractivity contribution in [1.29, 1.82) is 5.26 Å². The first-order valence-electron chi connectivity index (χ1n) is 5.62. The molecule has 0 aromatic heterocycles. The Kier molecular flexibility index (Phi) is 3.48. The van der Waals surface area contributed by atoms with Crippen LogP contribution in [0.15, 0.2) is 42.5 Å². The van der Waals surface area contributed by atoms with Gasteiger partial charge in [-0.3, -0.25) is 0 Å². The summed E-state index contributed by atoms with van der Waals surface area (Å²) in [6.45, 7) is 1.83. The van der Waals surface area contributed by atoms with Crippen LogP contribution in [-0.4, -0.2) is 11.1 Å². The van der Waals surface area contributed by atoms with E-state index in [9.17, 15) is 4.79 Å². The fraction of sp³-hybridized carbons (Fsp3) is 0.0667. The quantitative estimate of drug-likeness (QED) is 0.910. The van der Waals surface area contributed by atoms with Gasteiger partial charge in [-0.1, -0.05) is 12.1 Å². The number of hydrogen-bond acceptors (Lipinski definition) is 3. The van der Waals surface area contributed by atoms with Crippen LogP contribution in [0, 0.1) is 18.3 Å². The van der Waals surface area contributed by atoms with Crippen LogP contribution in [0.2, 0.25) is 0 Å². The van der Waals surface area contributed by atoms with E-state index >= 15 is 0 Å². The Morgan fingerprint density at radius 3 is 2.74 bits per heavy atom. The molecule has 0 aliphatic heterocycles. The van der Waals surface area contributed by atoms with Crippen LogP contribution in [-0.2, 0) is 0 Å². The van der Waals surface area contributed by atoms with Gasteiger partial charge in [0.25, 0.3) is 0 Å². The SMILES string of the molecule is Cc1ccc(C(=O)O)cc1Oc1cccc(C#N)c1. The maximum absolute atomic E-state index is 10.9. The Balaban J connectivity index is 2.34. The van der Waals surface area contributed by atoms with Crippen molar-refractivity contribution in [2.24, 2.45) is 0 Å². The number of aromatic carboxylic acids is 1. The van der Waals surface area contributed by atoms with Crippen LogP contribution in [0.25, 0.3) is 0 Å². The fourth-order valence-corrected chi connectivity index (χ4v) is 1.60. The number of ether oxygens (including phenoxy) is 1. The normalized spacial score (nSPS) is 9.68. The molecule has 0 spiro atoms. The van der Waals surface area contributed by atoms with E-state index in [1.54, 1.807) is 30.3 Å². The zero-order valence-electron chi connectivity index (χ0n) is 10.3. The Bertz CT molecular complexity index is 671. The zero-order chi connectivity index (χ0) is 13.8. The van der Waals surface area contributed by atoms with Gasteiger partial charge >= 0.3 is 5.97 Å². The van der Waals surface area contributed by atoms with E-state index in [1.165, 1.54) is 12.1 Å². The van der Waals surface area contributed by atoms with E-state index in [1.807, 2.05) is 13.0 Å². The third kappa shape index (κ3) is 2.90. The molecule has 0 saturated heterocycles. The van der Waals surface area contributed by atoms with Crippen molar-refractivity contribution in [3.05, 3.63) is 59.2 Å². The van der Waals surface area contributed by atoms with Crippen molar-refractivity contribution >= 4 is 5.97 Å². The monoisotopic (exact) mass is 253 g/mol. The molecule has 19 heavy (non-hydrogen) atoms. The number of aryl methyl sites for hydroxylation is 1. The summed E-state index contributed by atoms with van der Waals surface area (Å²) in [5, 5.41) is 17.8. The van der Waals surface area contributed by atoms with Crippen molar-refractivity contribution < 1.29 is 14.6 Å². The summed E-state index contributed by atoms with van der Waals surface area (Å²) < 4.78 is 5.63. The molecule has 0 fully saturated rings. The minimum atomic E-state index is -1.00. The van der Waals surface area contributed by atoms with Crippen LogP contribution in [0.5, 0.6) is 11.5 Å². The fourth-order valence-electron chi connectivity index (χ4n) is 1.60. The standard InChI is InChI=1S/C15H11NO3/c1-10-5-6-12(15(17)18)8-14(10)19-13-4-2-3-11(7-13)9-16/h2-8H,1H3,(H,17,18). The minimum absolute atomic E-state index is 0.164. The highest BCUT2D eigenvalue weighted by Crippen LogP contribution is 2.26. The van der Waals surface area contributed by atoms with Gasteiger partial charge in [-0.05, 0) is 42.8 Å². The third-order valence-electron chi connectivity index (χ3n) is 2.63. The van der Waals surface area contributed by atoms with Gasteiger partial charge < -0.3 is 9.84 Å². The van der Waals surface area contributed by atoms with Crippen molar-refractivity contribution in [2.45, 2.75) is 6.92 Å². The summed E-state index contributed by atoms with van der Waals surface area (Å²) in [5.74, 6) is -0.0321. The van der Waals surface area contributed by atoms with Gasteiger partial charge in [0.05, 0.1) is 17.2 Å². The number of benzene rings is 2. The van der Waals surface area contributed by atoms with Crippen LogP contribution in [0.3, 0.4) is 0 Å². The van der Waals surface area contributed by atoms with Gasteiger partial charge in [-0.15, -0.1) is 0 Å². The van der Waals surface area contributed by atoms with Gasteiger partial charge in [-0.2, -0.15) is 5.26 Å². The van der Waals surface area contributed by atoms with Crippen molar-refractivity contribution in [3.63, 3.8) is 0 Å². The van der Waals surface area contributed by atoms with Gasteiger partial charge in [-0.25, -0.2) is 4.79 Å². The molecule has 0 unspecified atom stereocenters. The summed E-state index contributed by atoms with van der Waals surface area (Å²) in [4.78, 5) is 10.9. The van der Waals surface area contributed by atoms with E-state index in [-0.39, 0.29) is 5.56 Å². The molecule has 0 saturated carbocycles. The second-order valence-corrected chi connectivity index (χ2v) is 4.03. The third-order valence-corrected chi connectivity index (χ3v) is 2.63. The largest absolute Gasteiger partial charge is 0.478 e. The van der Waals surface area contributed by atoms with E-state index in [0.29, 0.717) is 17.1 Å². The molecule has 4 nitrogen and oxygen atoms in total. The first-order valence-corrected chi connectivity index (χ1v) is 5.62. The van der Waals surface area contributed by atoms with Gasteiger partial charge in [0.15, 0.2) is 0 Å². The number of hydrogen-bond donors (Lipinski definition) is 1. The van der Waals surface area contributed by atoms with Gasteiger partial charge in [0.1, 0.15) is 11.5 Å². The molecule has 0 atom stereocenters. The van der Waals surface area contributed by atoms with E-state index in [0.717, 1.165) is 5.56 Å². The number of nitrogens with zero attached hydrogens (tertiary/aromatic N) is 1. The van der Waals surface area contributed by atoms with Crippen LogP contribution in [0.4, 0.5) is 0 Å². The Hall–Kier alpha value is -2.80. The first-order chi connectivity index (χ1) is 9.10. The average molecular weight is 253 g/mol. The number of carbonyl (C=O) groups is 1. The molecule has 0 amide bonds. The van der Waals surface area contributed by atoms with Crippen LogP contribution < -0.4 is 4.74 Å². The van der Waals surface area contributed by atoms with Crippen molar-refractivity contribution in [2.75, 3.05) is 0 Å². The minimum Gasteiger partial charge on any atom is -0.478 e. The summed E-state index contributed by atoms with van der Waals surface area (Å²) in [6.07, 6.45) is 0. The van der Waals surface area contributed by atoms with Crippen LogP contribution in [0.1, 0.15) is 21.5 Å². The maximum atomic E-state index is 10.9. The molecule has 1 N–H and O–H groups in total. The van der Waals surface area contributed by atoms with E-state index < -0.39 is 5.97 Å². The lowest BCUT2D eigenvalue weighted by Gasteiger charge is -2.09. The highest BCUT2D eigenvalue weighted by atomic mass is 16.5. The van der Waals surface area contributed by atoms with Crippen molar-refractivity contribution in [1.82, 2.24) is 0 Å². The molecule has 0 aliphatic carbocycles. The summed E-state index contributed by atoms with van der Waals surface area (Å²) in [6, 6.07) is 13.4. The number of carboxylic acids is 1. The van der Waals surface area contributed by atoms with E-state index in [2.05, 4.69) is 0 Å². The molecule has 0 aliphatic rings. The average Bonchev–Trinajstić information content (AvgIpc) is 2.41. The molecule has 2 aromatic carbocycles. The van der Waals surface area contributed by atoms with E-state index in [4.69, 9.17) is 15.1 Å². The highest BCUT2D eigenvalue weighted by Gasteiger charge is 2.08. The van der Waals surface area contributed by atoms with Gasteiger partial charge in [0.2, 0.25) is 0 Å². The topological polar surface area (TPSA) is 70.3 Å². The predicted octanol–water partition coefficient (Wildman–Crippen LogP) is 3.36. The molecule has 94 valence electrons. The maximum Gasteiger partial charge on any atom is 0.335 e. The summed E-state index contributed by atoms with van der Waals surface area (Å²) in [7, 11) is 0. The number of nitriles is 1. The molecule has 4 heteroatoms. The lowest BCUT2D eigenvalue weighted by molar-refractivity contribution is 0.0696. The second kappa shape index (κ2) is 5.23. The molecule has 0 bridgehead atoms. The first kappa shape index (κ1) is 12.7. The van der Waals surface area contributed by atoms with Crippen LogP contribution >= 0.6 is 0 Å². The number of carboxylic acid groups (broad SMARTS) is 1. The Labute approximate surface area is 110 Å². The van der Waals surface area contributed by atoms with Gasteiger partial charge in [0, 0.05) is 0 Å². The molecule has 2 aromatic rings. The lowest BCUT2D eigenvalue weighted by atomic mass is 10.1. The molecular formula is C15H11NO3. The summed E-state index contributed by atoms with van der Waals surface area (Å²) >= 11 is 0. The Morgan fingerprint density at radius 1 is 1.26 bits per heavy atom. The molecule has 2 rings (SSSR count). The number of rotatable bonds is 3. The molecule has 0 radical (unpaired) electrons. The smallest absolute Gasteiger partial charge is 0.335 e. The lowest BCUT2D eigenvalue weighted by Crippen LogP contribution is -1.97. The van der Waals surface area contributed by atoms with Crippen molar-refractivity contribution in [3.8, 4) is 17.6 Å². The summed E-state index contributed by atoms with van der Waals surface area (Å²) in [5.41, 5.74) is 1.48. The molecular weight excluding hydrogens is 242 g/mol. The Morgan fingerprint density at radius 2 is 2.05 bits per heavy atom. The molecule has 0 heterocycles.